The minimum absolute atomic E-state index is 0.743. The van der Waals surface area contributed by atoms with Crippen LogP contribution >= 0.6 is 23.6 Å². The van der Waals surface area contributed by atoms with Crippen molar-refractivity contribution in [1.82, 2.24) is 24.6 Å². The van der Waals surface area contributed by atoms with Crippen LogP contribution in [-0.2, 0) is 6.67 Å². The molecule has 1 fully saturated rings. The van der Waals surface area contributed by atoms with E-state index in [1.807, 2.05) is 10.7 Å². The predicted octanol–water partition coefficient (Wildman–Crippen LogP) is 2.07. The first-order chi connectivity index (χ1) is 11.3. The van der Waals surface area contributed by atoms with Gasteiger partial charge in [-0.1, -0.05) is 18.3 Å². The second-order valence-electron chi connectivity index (χ2n) is 5.39. The Morgan fingerprint density at radius 2 is 1.96 bits per heavy atom. The van der Waals surface area contributed by atoms with Gasteiger partial charge in [-0.05, 0) is 24.7 Å². The quantitative estimate of drug-likeness (QED) is 0.799. The van der Waals surface area contributed by atoms with Crippen LogP contribution in [0.5, 0.6) is 0 Å². The summed E-state index contributed by atoms with van der Waals surface area (Å²) in [5.74, 6) is 0.809. The maximum Gasteiger partial charge on any atom is 0.225 e. The third-order valence-electron chi connectivity index (χ3n) is 3.67. The molecule has 9 heteroatoms. The summed E-state index contributed by atoms with van der Waals surface area (Å²) in [4.78, 5) is 13.2. The maximum absolute atomic E-state index is 5.41. The lowest BCUT2D eigenvalue weighted by molar-refractivity contribution is 0.194. The van der Waals surface area contributed by atoms with Crippen molar-refractivity contribution >= 4 is 34.6 Å². The molecule has 0 atom stereocenters. The number of aromatic nitrogens is 4. The van der Waals surface area contributed by atoms with Crippen LogP contribution in [0.15, 0.2) is 18.5 Å². The predicted molar refractivity (Wildman–Crippen MR) is 95.5 cm³/mol. The second kappa shape index (κ2) is 7.80. The van der Waals surface area contributed by atoms with Gasteiger partial charge in [-0.3, -0.25) is 4.90 Å². The SMILES string of the molecule is CCCNc1nn(CN2CCN(c3ncccn3)CC2)c(=S)s1. The average Bonchev–Trinajstić information content (AvgIpc) is 2.94. The number of nitrogens with one attached hydrogen (secondary N) is 1. The molecule has 124 valence electrons. The number of nitrogens with zero attached hydrogens (tertiary/aromatic N) is 6. The zero-order valence-corrected chi connectivity index (χ0v) is 14.8. The zero-order valence-electron chi connectivity index (χ0n) is 13.2. The number of anilines is 2. The van der Waals surface area contributed by atoms with Crippen LogP contribution < -0.4 is 10.2 Å². The summed E-state index contributed by atoms with van der Waals surface area (Å²) in [5.41, 5.74) is 0. The summed E-state index contributed by atoms with van der Waals surface area (Å²) in [5, 5.41) is 8.77. The van der Waals surface area contributed by atoms with E-state index in [4.69, 9.17) is 12.2 Å². The van der Waals surface area contributed by atoms with E-state index < -0.39 is 0 Å². The Hall–Kier alpha value is -1.58. The molecule has 2 aromatic rings. The third-order valence-corrected chi connectivity index (χ3v) is 4.94. The van der Waals surface area contributed by atoms with Crippen LogP contribution in [0.25, 0.3) is 0 Å². The lowest BCUT2D eigenvalue weighted by atomic mass is 10.3. The molecule has 0 aromatic carbocycles. The largest absolute Gasteiger partial charge is 0.360 e. The Kier molecular flexibility index (Phi) is 5.52. The molecule has 23 heavy (non-hydrogen) atoms. The minimum Gasteiger partial charge on any atom is -0.360 e. The molecule has 0 saturated carbocycles. The van der Waals surface area contributed by atoms with E-state index >= 15 is 0 Å². The lowest BCUT2D eigenvalue weighted by Gasteiger charge is -2.34. The van der Waals surface area contributed by atoms with Crippen LogP contribution in [0.4, 0.5) is 11.1 Å². The zero-order chi connectivity index (χ0) is 16.1. The molecule has 1 aliphatic heterocycles. The van der Waals surface area contributed by atoms with Crippen molar-refractivity contribution in [3.8, 4) is 0 Å². The van der Waals surface area contributed by atoms with Crippen LogP contribution in [-0.4, -0.2) is 57.4 Å². The summed E-state index contributed by atoms with van der Waals surface area (Å²) in [6, 6.07) is 1.84. The highest BCUT2D eigenvalue weighted by Crippen LogP contribution is 2.16. The van der Waals surface area contributed by atoms with Crippen molar-refractivity contribution in [1.29, 1.82) is 0 Å². The molecule has 2 aromatic heterocycles. The normalized spacial score (nSPS) is 15.8. The molecular weight excluding hydrogens is 330 g/mol. The first-order valence-electron chi connectivity index (χ1n) is 7.82. The topological polar surface area (TPSA) is 62.1 Å². The first-order valence-corrected chi connectivity index (χ1v) is 9.05. The molecule has 1 N–H and O–H groups in total. The highest BCUT2D eigenvalue weighted by Gasteiger charge is 2.19. The van der Waals surface area contributed by atoms with Gasteiger partial charge in [0.05, 0.1) is 6.67 Å². The Morgan fingerprint density at radius 1 is 1.22 bits per heavy atom. The molecule has 0 radical (unpaired) electrons. The summed E-state index contributed by atoms with van der Waals surface area (Å²) in [6.07, 6.45) is 4.65. The molecule has 0 unspecified atom stereocenters. The van der Waals surface area contributed by atoms with Crippen LogP contribution in [0, 0.1) is 3.95 Å². The standard InChI is InChI=1S/C14H21N7S2/c1-2-4-17-13-18-21(14(22)23-13)11-19-7-9-20(10-8-19)12-15-5-3-6-16-12/h3,5-6H,2,4,7-11H2,1H3,(H,17,18). The average molecular weight is 352 g/mol. The van der Waals surface area contributed by atoms with E-state index in [2.05, 4.69) is 37.1 Å². The lowest BCUT2D eigenvalue weighted by Crippen LogP contribution is -2.47. The summed E-state index contributed by atoms with van der Waals surface area (Å²) in [6.45, 7) is 7.55. The Balaban J connectivity index is 1.55. The van der Waals surface area contributed by atoms with E-state index in [-0.39, 0.29) is 0 Å². The molecule has 1 aliphatic rings. The fraction of sp³-hybridized carbons (Fsp3) is 0.571. The number of hydrogen-bond donors (Lipinski definition) is 1. The van der Waals surface area contributed by atoms with Crippen LogP contribution in [0.2, 0.25) is 0 Å². The molecule has 0 spiro atoms. The smallest absolute Gasteiger partial charge is 0.225 e. The Labute approximate surface area is 145 Å². The van der Waals surface area contributed by atoms with Crippen molar-refractivity contribution in [2.45, 2.75) is 20.0 Å². The Morgan fingerprint density at radius 3 is 2.65 bits per heavy atom. The number of rotatable bonds is 6. The van der Waals surface area contributed by atoms with Gasteiger partial charge in [-0.25, -0.2) is 14.6 Å². The van der Waals surface area contributed by atoms with Gasteiger partial charge in [0.1, 0.15) is 0 Å². The highest BCUT2D eigenvalue weighted by molar-refractivity contribution is 7.73. The number of hydrogen-bond acceptors (Lipinski definition) is 8. The molecule has 3 rings (SSSR count). The van der Waals surface area contributed by atoms with Crippen molar-refractivity contribution in [2.24, 2.45) is 0 Å². The fourth-order valence-corrected chi connectivity index (χ4v) is 3.45. The first kappa shape index (κ1) is 16.3. The van der Waals surface area contributed by atoms with Crippen LogP contribution in [0.1, 0.15) is 13.3 Å². The fourth-order valence-electron chi connectivity index (χ4n) is 2.43. The molecule has 3 heterocycles. The molecule has 0 amide bonds. The van der Waals surface area contributed by atoms with E-state index in [1.54, 1.807) is 12.4 Å². The van der Waals surface area contributed by atoms with Gasteiger partial charge >= 0.3 is 0 Å². The van der Waals surface area contributed by atoms with Gasteiger partial charge < -0.3 is 10.2 Å². The van der Waals surface area contributed by atoms with Gasteiger partial charge in [-0.2, -0.15) is 0 Å². The minimum atomic E-state index is 0.743. The molecular formula is C14H21N7S2. The monoisotopic (exact) mass is 351 g/mol. The summed E-state index contributed by atoms with van der Waals surface area (Å²) in [7, 11) is 0. The third kappa shape index (κ3) is 4.24. The van der Waals surface area contributed by atoms with Crippen molar-refractivity contribution < 1.29 is 0 Å². The van der Waals surface area contributed by atoms with Crippen LogP contribution in [0.3, 0.4) is 0 Å². The van der Waals surface area contributed by atoms with Crippen molar-refractivity contribution in [3.63, 3.8) is 0 Å². The molecule has 7 nitrogen and oxygen atoms in total. The van der Waals surface area contributed by atoms with Gasteiger partial charge in [0.15, 0.2) is 3.95 Å². The van der Waals surface area contributed by atoms with E-state index in [0.717, 1.165) is 60.8 Å². The Bertz CT molecular complexity index is 661. The second-order valence-corrected chi connectivity index (χ2v) is 7.02. The molecule has 1 saturated heterocycles. The molecule has 0 aliphatic carbocycles. The van der Waals surface area contributed by atoms with E-state index in [0.29, 0.717) is 0 Å². The van der Waals surface area contributed by atoms with Gasteiger partial charge in [0.2, 0.25) is 11.1 Å². The molecule has 0 bridgehead atoms. The van der Waals surface area contributed by atoms with E-state index in [9.17, 15) is 0 Å². The highest BCUT2D eigenvalue weighted by atomic mass is 32.1. The van der Waals surface area contributed by atoms with Crippen molar-refractivity contribution in [3.05, 3.63) is 22.4 Å². The summed E-state index contributed by atoms with van der Waals surface area (Å²) >= 11 is 6.95. The summed E-state index contributed by atoms with van der Waals surface area (Å²) < 4.78 is 2.73. The van der Waals surface area contributed by atoms with Gasteiger partial charge in [0.25, 0.3) is 0 Å². The van der Waals surface area contributed by atoms with E-state index in [1.165, 1.54) is 11.3 Å². The number of piperazine rings is 1. The van der Waals surface area contributed by atoms with Gasteiger partial charge in [0, 0.05) is 45.1 Å². The van der Waals surface area contributed by atoms with Crippen molar-refractivity contribution in [2.75, 3.05) is 42.9 Å². The van der Waals surface area contributed by atoms with Gasteiger partial charge in [-0.15, -0.1) is 5.10 Å². The maximum atomic E-state index is 5.41.